The average Bonchev–Trinajstić information content (AvgIpc) is 2.20. The minimum absolute atomic E-state index is 0.183. The second kappa shape index (κ2) is 6.47. The summed E-state index contributed by atoms with van der Waals surface area (Å²) < 4.78 is 0. The summed E-state index contributed by atoms with van der Waals surface area (Å²) in [6.07, 6.45) is 4.91. The molecule has 1 fully saturated rings. The van der Waals surface area contributed by atoms with E-state index in [1.54, 1.807) is 14.0 Å². The van der Waals surface area contributed by atoms with Crippen LogP contribution >= 0.6 is 0 Å². The molecule has 0 spiro atoms. The van der Waals surface area contributed by atoms with Crippen LogP contribution in [0.15, 0.2) is 0 Å². The van der Waals surface area contributed by atoms with Gasteiger partial charge in [-0.15, -0.1) is 0 Å². The Morgan fingerprint density at radius 1 is 1.47 bits per heavy atom. The molecule has 1 unspecified atom stereocenters. The topological polar surface area (TPSA) is 69.6 Å². The second-order valence-corrected chi connectivity index (χ2v) is 4.94. The summed E-state index contributed by atoms with van der Waals surface area (Å²) in [5.74, 6) is -0.630. The molecule has 1 aliphatic carbocycles. The van der Waals surface area contributed by atoms with Gasteiger partial charge in [0.15, 0.2) is 0 Å². The number of amides is 2. The molecular weight excluding hydrogens is 220 g/mol. The lowest BCUT2D eigenvalue weighted by atomic mass is 9.83. The zero-order chi connectivity index (χ0) is 12.8. The summed E-state index contributed by atoms with van der Waals surface area (Å²) in [4.78, 5) is 23.7. The first-order chi connectivity index (χ1) is 8.00. The summed E-state index contributed by atoms with van der Waals surface area (Å²) in [5.41, 5.74) is 0. The summed E-state index contributed by atoms with van der Waals surface area (Å²) in [5, 5.41) is 11.6. The Bertz CT molecular complexity index is 277. The zero-order valence-corrected chi connectivity index (χ0v) is 10.6. The molecule has 0 aliphatic heterocycles. The molecule has 5 heteroatoms. The normalized spacial score (nSPS) is 17.1. The minimum atomic E-state index is -0.876. The number of carboxylic acids is 1. The number of carbonyl (C=O) groups excluding carboxylic acids is 1. The number of urea groups is 1. The van der Waals surface area contributed by atoms with Crippen molar-refractivity contribution in [3.05, 3.63) is 0 Å². The van der Waals surface area contributed by atoms with Crippen molar-refractivity contribution in [2.45, 2.75) is 32.6 Å². The summed E-state index contributed by atoms with van der Waals surface area (Å²) in [6, 6.07) is -0.183. The van der Waals surface area contributed by atoms with Crippen molar-refractivity contribution in [3.8, 4) is 0 Å². The van der Waals surface area contributed by atoms with E-state index in [9.17, 15) is 9.59 Å². The molecule has 1 aliphatic rings. The molecule has 1 atom stereocenters. The van der Waals surface area contributed by atoms with Crippen LogP contribution in [0, 0.1) is 11.8 Å². The average molecular weight is 242 g/mol. The fraction of sp³-hybridized carbons (Fsp3) is 0.833. The monoisotopic (exact) mass is 242 g/mol. The molecule has 5 nitrogen and oxygen atoms in total. The number of hydrogen-bond donors (Lipinski definition) is 2. The van der Waals surface area contributed by atoms with Gasteiger partial charge in [-0.25, -0.2) is 4.79 Å². The summed E-state index contributed by atoms with van der Waals surface area (Å²) in [7, 11) is 1.62. The highest BCUT2D eigenvalue weighted by atomic mass is 16.4. The van der Waals surface area contributed by atoms with Crippen LogP contribution in [0.25, 0.3) is 0 Å². The Labute approximate surface area is 102 Å². The number of carbonyl (C=O) groups is 2. The minimum Gasteiger partial charge on any atom is -0.481 e. The highest BCUT2D eigenvalue weighted by Crippen LogP contribution is 2.28. The quantitative estimate of drug-likeness (QED) is 0.742. The van der Waals surface area contributed by atoms with Crippen molar-refractivity contribution in [2.24, 2.45) is 11.8 Å². The van der Waals surface area contributed by atoms with Crippen LogP contribution in [0.2, 0.25) is 0 Å². The Morgan fingerprint density at radius 2 is 2.12 bits per heavy atom. The van der Waals surface area contributed by atoms with Gasteiger partial charge in [-0.1, -0.05) is 26.2 Å². The summed E-state index contributed by atoms with van der Waals surface area (Å²) >= 11 is 0. The standard InChI is InChI=1S/C12H22N2O3/c1-9(11(15)16)8-14(2)12(17)13-7-6-10-4-3-5-10/h9-10H,3-8H2,1-2H3,(H,13,17)(H,15,16). The van der Waals surface area contributed by atoms with Gasteiger partial charge in [-0.3, -0.25) is 4.79 Å². The van der Waals surface area contributed by atoms with Gasteiger partial charge >= 0.3 is 12.0 Å². The first kappa shape index (κ1) is 13.8. The molecule has 0 aromatic rings. The third-order valence-electron chi connectivity index (χ3n) is 3.37. The van der Waals surface area contributed by atoms with Crippen LogP contribution in [-0.4, -0.2) is 42.1 Å². The van der Waals surface area contributed by atoms with Crippen molar-refractivity contribution < 1.29 is 14.7 Å². The van der Waals surface area contributed by atoms with E-state index in [0.29, 0.717) is 6.54 Å². The maximum absolute atomic E-state index is 11.6. The Kier molecular flexibility index (Phi) is 5.25. The lowest BCUT2D eigenvalue weighted by Gasteiger charge is -2.26. The SMILES string of the molecule is CC(CN(C)C(=O)NCCC1CCC1)C(=O)O. The number of aliphatic carboxylic acids is 1. The lowest BCUT2D eigenvalue weighted by Crippen LogP contribution is -2.41. The van der Waals surface area contributed by atoms with Crippen molar-refractivity contribution in [3.63, 3.8) is 0 Å². The van der Waals surface area contributed by atoms with Crippen LogP contribution in [-0.2, 0) is 4.79 Å². The van der Waals surface area contributed by atoms with E-state index in [0.717, 1.165) is 12.3 Å². The molecule has 17 heavy (non-hydrogen) atoms. The highest BCUT2D eigenvalue weighted by Gasteiger charge is 2.19. The second-order valence-electron chi connectivity index (χ2n) is 4.94. The number of hydrogen-bond acceptors (Lipinski definition) is 2. The van der Waals surface area contributed by atoms with Gasteiger partial charge in [0, 0.05) is 20.1 Å². The highest BCUT2D eigenvalue weighted by molar-refractivity contribution is 5.75. The summed E-state index contributed by atoms with van der Waals surface area (Å²) in [6.45, 7) is 2.53. The van der Waals surface area contributed by atoms with E-state index < -0.39 is 11.9 Å². The van der Waals surface area contributed by atoms with Gasteiger partial charge in [0.2, 0.25) is 0 Å². The van der Waals surface area contributed by atoms with E-state index >= 15 is 0 Å². The van der Waals surface area contributed by atoms with Crippen molar-refractivity contribution >= 4 is 12.0 Å². The molecule has 0 heterocycles. The van der Waals surface area contributed by atoms with Gasteiger partial charge in [-0.05, 0) is 12.3 Å². The molecule has 98 valence electrons. The van der Waals surface area contributed by atoms with Gasteiger partial charge in [0.1, 0.15) is 0 Å². The molecule has 1 saturated carbocycles. The Hall–Kier alpha value is -1.26. The van der Waals surface area contributed by atoms with Crippen LogP contribution in [0.3, 0.4) is 0 Å². The predicted molar refractivity (Wildman–Crippen MR) is 64.8 cm³/mol. The molecule has 2 amide bonds. The molecule has 0 aromatic carbocycles. The van der Waals surface area contributed by atoms with Crippen molar-refractivity contribution in [2.75, 3.05) is 20.1 Å². The fourth-order valence-corrected chi connectivity index (χ4v) is 1.87. The van der Waals surface area contributed by atoms with Crippen molar-refractivity contribution in [1.82, 2.24) is 10.2 Å². The molecule has 0 saturated heterocycles. The molecule has 1 rings (SSSR count). The maximum Gasteiger partial charge on any atom is 0.317 e. The Morgan fingerprint density at radius 3 is 2.59 bits per heavy atom. The number of nitrogens with one attached hydrogen (secondary N) is 1. The van der Waals surface area contributed by atoms with Gasteiger partial charge < -0.3 is 15.3 Å². The molecule has 0 aromatic heterocycles. The van der Waals surface area contributed by atoms with Crippen LogP contribution < -0.4 is 5.32 Å². The first-order valence-electron chi connectivity index (χ1n) is 6.22. The van der Waals surface area contributed by atoms with E-state index in [4.69, 9.17) is 5.11 Å². The number of nitrogens with zero attached hydrogens (tertiary/aromatic N) is 1. The van der Waals surface area contributed by atoms with E-state index in [1.165, 1.54) is 24.2 Å². The predicted octanol–water partition coefficient (Wildman–Crippen LogP) is 1.54. The van der Waals surface area contributed by atoms with Crippen molar-refractivity contribution in [1.29, 1.82) is 0 Å². The fourth-order valence-electron chi connectivity index (χ4n) is 1.87. The van der Waals surface area contributed by atoms with Crippen LogP contribution in [0.1, 0.15) is 32.6 Å². The number of rotatable bonds is 6. The van der Waals surface area contributed by atoms with Crippen LogP contribution in [0.5, 0.6) is 0 Å². The largest absolute Gasteiger partial charge is 0.481 e. The number of carboxylic acid groups (broad SMARTS) is 1. The van der Waals surface area contributed by atoms with Gasteiger partial charge in [0.05, 0.1) is 5.92 Å². The smallest absolute Gasteiger partial charge is 0.317 e. The van der Waals surface area contributed by atoms with E-state index in [1.807, 2.05) is 0 Å². The molecular formula is C12H22N2O3. The van der Waals surface area contributed by atoms with Gasteiger partial charge in [0.25, 0.3) is 0 Å². The molecule has 2 N–H and O–H groups in total. The first-order valence-corrected chi connectivity index (χ1v) is 6.22. The Balaban J connectivity index is 2.14. The molecule has 0 bridgehead atoms. The lowest BCUT2D eigenvalue weighted by molar-refractivity contribution is -0.141. The third-order valence-corrected chi connectivity index (χ3v) is 3.37. The molecule has 0 radical (unpaired) electrons. The maximum atomic E-state index is 11.6. The third kappa shape index (κ3) is 4.63. The van der Waals surface area contributed by atoms with Gasteiger partial charge in [-0.2, -0.15) is 0 Å². The van der Waals surface area contributed by atoms with E-state index in [-0.39, 0.29) is 12.6 Å². The van der Waals surface area contributed by atoms with Crippen LogP contribution in [0.4, 0.5) is 4.79 Å². The van der Waals surface area contributed by atoms with E-state index in [2.05, 4.69) is 5.32 Å². The zero-order valence-electron chi connectivity index (χ0n) is 10.6.